The van der Waals surface area contributed by atoms with Crippen LogP contribution in [0.3, 0.4) is 0 Å². The Balaban J connectivity index is 1.97. The number of likely N-dealkylation sites (tertiary alicyclic amines) is 1. The summed E-state index contributed by atoms with van der Waals surface area (Å²) < 4.78 is 5.22. The van der Waals surface area contributed by atoms with Crippen LogP contribution in [0.15, 0.2) is 24.3 Å². The van der Waals surface area contributed by atoms with Gasteiger partial charge in [-0.25, -0.2) is 5.84 Å². The van der Waals surface area contributed by atoms with Gasteiger partial charge in [-0.2, -0.15) is 0 Å². The van der Waals surface area contributed by atoms with Crippen molar-refractivity contribution >= 4 is 5.91 Å². The normalized spacial score (nSPS) is 19.2. The second kappa shape index (κ2) is 7.38. The standard InChI is InChI=1S/C15H23N3O2/c1-20-11-12-6-7-18(9-12)10-14-5-3-2-4-13(14)8-15(19)17-16/h2-5,12H,6-11,16H2,1H3,(H,17,19). The Kier molecular flexibility index (Phi) is 5.52. The molecule has 1 unspecified atom stereocenters. The number of carbonyl (C=O) groups is 1. The molecule has 1 aliphatic rings. The summed E-state index contributed by atoms with van der Waals surface area (Å²) in [7, 11) is 1.75. The van der Waals surface area contributed by atoms with E-state index in [1.165, 1.54) is 12.0 Å². The molecule has 1 aliphatic heterocycles. The van der Waals surface area contributed by atoms with Crippen molar-refractivity contribution in [3.05, 3.63) is 35.4 Å². The predicted molar refractivity (Wildman–Crippen MR) is 77.7 cm³/mol. The number of ether oxygens (including phenoxy) is 1. The number of benzene rings is 1. The van der Waals surface area contributed by atoms with Crippen LogP contribution < -0.4 is 11.3 Å². The molecule has 2 rings (SSSR count). The van der Waals surface area contributed by atoms with Gasteiger partial charge in [0.05, 0.1) is 13.0 Å². The average Bonchev–Trinajstić information content (AvgIpc) is 2.88. The first-order chi connectivity index (χ1) is 9.72. The number of hydrogen-bond donors (Lipinski definition) is 2. The van der Waals surface area contributed by atoms with E-state index in [4.69, 9.17) is 10.6 Å². The maximum atomic E-state index is 11.4. The van der Waals surface area contributed by atoms with Crippen molar-refractivity contribution in [2.24, 2.45) is 11.8 Å². The fourth-order valence-electron chi connectivity index (χ4n) is 2.78. The van der Waals surface area contributed by atoms with Crippen LogP contribution in [0, 0.1) is 5.92 Å². The van der Waals surface area contributed by atoms with E-state index < -0.39 is 0 Å². The summed E-state index contributed by atoms with van der Waals surface area (Å²) in [6, 6.07) is 8.05. The van der Waals surface area contributed by atoms with Crippen molar-refractivity contribution in [1.82, 2.24) is 10.3 Å². The average molecular weight is 277 g/mol. The lowest BCUT2D eigenvalue weighted by atomic mass is 10.0. The first-order valence-electron chi connectivity index (χ1n) is 7.00. The zero-order valence-electron chi connectivity index (χ0n) is 12.0. The van der Waals surface area contributed by atoms with Gasteiger partial charge in [0, 0.05) is 20.2 Å². The summed E-state index contributed by atoms with van der Waals surface area (Å²) in [6.07, 6.45) is 1.52. The Morgan fingerprint density at radius 1 is 1.45 bits per heavy atom. The predicted octanol–water partition coefficient (Wildman–Crippen LogP) is 0.687. The van der Waals surface area contributed by atoms with Crippen LogP contribution in [0.5, 0.6) is 0 Å². The first-order valence-corrected chi connectivity index (χ1v) is 7.00. The van der Waals surface area contributed by atoms with Crippen molar-refractivity contribution in [1.29, 1.82) is 0 Å². The van der Waals surface area contributed by atoms with Crippen molar-refractivity contribution in [2.45, 2.75) is 19.4 Å². The molecule has 0 aliphatic carbocycles. The van der Waals surface area contributed by atoms with Crippen LogP contribution in [-0.2, 0) is 22.5 Å². The highest BCUT2D eigenvalue weighted by atomic mass is 16.5. The van der Waals surface area contributed by atoms with E-state index in [2.05, 4.69) is 16.4 Å². The minimum Gasteiger partial charge on any atom is -0.384 e. The molecule has 1 atom stereocenters. The molecular weight excluding hydrogens is 254 g/mol. The highest BCUT2D eigenvalue weighted by Gasteiger charge is 2.22. The molecule has 110 valence electrons. The molecule has 1 aromatic carbocycles. The molecule has 0 spiro atoms. The number of methoxy groups -OCH3 is 1. The van der Waals surface area contributed by atoms with E-state index >= 15 is 0 Å². The van der Waals surface area contributed by atoms with E-state index in [9.17, 15) is 4.79 Å². The van der Waals surface area contributed by atoms with Crippen LogP contribution >= 0.6 is 0 Å². The third-order valence-electron chi connectivity index (χ3n) is 3.80. The van der Waals surface area contributed by atoms with Gasteiger partial charge in [-0.15, -0.1) is 0 Å². The summed E-state index contributed by atoms with van der Waals surface area (Å²) >= 11 is 0. The Bertz CT molecular complexity index is 450. The molecule has 20 heavy (non-hydrogen) atoms. The molecule has 0 bridgehead atoms. The number of hydrogen-bond acceptors (Lipinski definition) is 4. The molecule has 1 heterocycles. The van der Waals surface area contributed by atoms with Gasteiger partial charge >= 0.3 is 0 Å². The van der Waals surface area contributed by atoms with Crippen LogP contribution in [0.4, 0.5) is 0 Å². The van der Waals surface area contributed by atoms with Crippen molar-refractivity contribution in [2.75, 3.05) is 26.8 Å². The van der Waals surface area contributed by atoms with E-state index in [1.807, 2.05) is 18.2 Å². The SMILES string of the molecule is COCC1CCN(Cc2ccccc2CC(=O)NN)C1. The van der Waals surface area contributed by atoms with Gasteiger partial charge in [0.15, 0.2) is 0 Å². The number of carbonyl (C=O) groups excluding carboxylic acids is 1. The minimum atomic E-state index is -0.156. The Morgan fingerprint density at radius 3 is 2.90 bits per heavy atom. The number of nitrogens with zero attached hydrogens (tertiary/aromatic N) is 1. The minimum absolute atomic E-state index is 0.156. The molecule has 0 radical (unpaired) electrons. The van der Waals surface area contributed by atoms with Gasteiger partial charge in [0.1, 0.15) is 0 Å². The quantitative estimate of drug-likeness (QED) is 0.456. The monoisotopic (exact) mass is 277 g/mol. The largest absolute Gasteiger partial charge is 0.384 e. The Hall–Kier alpha value is -1.43. The molecule has 0 aromatic heterocycles. The summed E-state index contributed by atoms with van der Waals surface area (Å²) in [6.45, 7) is 3.86. The molecule has 0 saturated carbocycles. The van der Waals surface area contributed by atoms with E-state index in [0.29, 0.717) is 12.3 Å². The molecule has 1 amide bonds. The van der Waals surface area contributed by atoms with E-state index in [-0.39, 0.29) is 5.91 Å². The molecule has 5 heteroatoms. The van der Waals surface area contributed by atoms with Crippen molar-refractivity contribution in [3.63, 3.8) is 0 Å². The lowest BCUT2D eigenvalue weighted by Gasteiger charge is -2.18. The second-order valence-corrected chi connectivity index (χ2v) is 5.36. The maximum Gasteiger partial charge on any atom is 0.238 e. The van der Waals surface area contributed by atoms with Gasteiger partial charge in [0.25, 0.3) is 0 Å². The van der Waals surface area contributed by atoms with Crippen LogP contribution in [0.1, 0.15) is 17.5 Å². The number of nitrogens with two attached hydrogens (primary N) is 1. The smallest absolute Gasteiger partial charge is 0.238 e. The summed E-state index contributed by atoms with van der Waals surface area (Å²) in [5.74, 6) is 5.63. The Morgan fingerprint density at radius 2 is 2.20 bits per heavy atom. The first kappa shape index (κ1) is 15.0. The van der Waals surface area contributed by atoms with Crippen LogP contribution in [0.25, 0.3) is 0 Å². The summed E-state index contributed by atoms with van der Waals surface area (Å²) in [5.41, 5.74) is 4.44. The lowest BCUT2D eigenvalue weighted by molar-refractivity contribution is -0.120. The number of hydrazine groups is 1. The molecule has 1 aromatic rings. The molecule has 1 saturated heterocycles. The molecule has 3 N–H and O–H groups in total. The van der Waals surface area contributed by atoms with E-state index in [0.717, 1.165) is 31.8 Å². The van der Waals surface area contributed by atoms with Gasteiger partial charge < -0.3 is 4.74 Å². The Labute approximate surface area is 120 Å². The third-order valence-corrected chi connectivity index (χ3v) is 3.80. The summed E-state index contributed by atoms with van der Waals surface area (Å²) in [4.78, 5) is 13.9. The fraction of sp³-hybridized carbons (Fsp3) is 0.533. The third kappa shape index (κ3) is 4.03. The highest BCUT2D eigenvalue weighted by Crippen LogP contribution is 2.20. The van der Waals surface area contributed by atoms with Gasteiger partial charge in [-0.1, -0.05) is 24.3 Å². The molecule has 1 fully saturated rings. The fourth-order valence-corrected chi connectivity index (χ4v) is 2.78. The second-order valence-electron chi connectivity index (χ2n) is 5.36. The van der Waals surface area contributed by atoms with Gasteiger partial charge in [-0.05, 0) is 30.0 Å². The molecular formula is C15H23N3O2. The van der Waals surface area contributed by atoms with E-state index in [1.54, 1.807) is 7.11 Å². The van der Waals surface area contributed by atoms with Crippen LogP contribution in [-0.4, -0.2) is 37.6 Å². The van der Waals surface area contributed by atoms with Crippen molar-refractivity contribution in [3.8, 4) is 0 Å². The topological polar surface area (TPSA) is 67.6 Å². The van der Waals surface area contributed by atoms with Gasteiger partial charge in [-0.3, -0.25) is 15.1 Å². The molecule has 5 nitrogen and oxygen atoms in total. The lowest BCUT2D eigenvalue weighted by Crippen LogP contribution is -2.32. The zero-order valence-corrected chi connectivity index (χ0v) is 12.0. The zero-order chi connectivity index (χ0) is 14.4. The van der Waals surface area contributed by atoms with Crippen molar-refractivity contribution < 1.29 is 9.53 Å². The number of nitrogens with one attached hydrogen (secondary N) is 1. The van der Waals surface area contributed by atoms with Crippen LogP contribution in [0.2, 0.25) is 0 Å². The highest BCUT2D eigenvalue weighted by molar-refractivity contribution is 5.78. The number of amides is 1. The maximum absolute atomic E-state index is 11.4. The van der Waals surface area contributed by atoms with Gasteiger partial charge in [0.2, 0.25) is 5.91 Å². The number of rotatable bonds is 6. The summed E-state index contributed by atoms with van der Waals surface area (Å²) in [5, 5.41) is 0.